The van der Waals surface area contributed by atoms with Crippen LogP contribution in [0.5, 0.6) is 0 Å². The summed E-state index contributed by atoms with van der Waals surface area (Å²) in [6, 6.07) is 17.7. The van der Waals surface area contributed by atoms with Crippen molar-refractivity contribution in [2.75, 3.05) is 13.7 Å². The van der Waals surface area contributed by atoms with E-state index in [2.05, 4.69) is 56.3 Å². The van der Waals surface area contributed by atoms with Gasteiger partial charge in [0.15, 0.2) is 10.3 Å². The first kappa shape index (κ1) is 31.6. The minimum atomic E-state index is -0.683. The highest BCUT2D eigenvalue weighted by Gasteiger charge is 2.26. The zero-order chi connectivity index (χ0) is 28.3. The zero-order valence-corrected chi connectivity index (χ0v) is 25.1. The summed E-state index contributed by atoms with van der Waals surface area (Å²) < 4.78 is 5.91. The number of rotatable bonds is 11. The van der Waals surface area contributed by atoms with Gasteiger partial charge in [0.2, 0.25) is 0 Å². The molecule has 10 heteroatoms. The normalized spacial score (nSPS) is 15.4. The first-order valence-electron chi connectivity index (χ1n) is 12.6. The van der Waals surface area contributed by atoms with Crippen molar-refractivity contribution in [2.45, 2.75) is 59.2 Å². The number of thiol groups is 2. The molecule has 2 aromatic rings. The predicted molar refractivity (Wildman–Crippen MR) is 168 cm³/mol. The van der Waals surface area contributed by atoms with Gasteiger partial charge in [0, 0.05) is 23.7 Å². The van der Waals surface area contributed by atoms with Crippen LogP contribution in [0, 0.1) is 12.8 Å². The Bertz CT molecular complexity index is 1160. The minimum absolute atomic E-state index is 0.201. The van der Waals surface area contributed by atoms with Crippen molar-refractivity contribution >= 4 is 47.0 Å². The lowest BCUT2D eigenvalue weighted by Gasteiger charge is -2.32. The average Bonchev–Trinajstić information content (AvgIpc) is 2.86. The monoisotopic (exact) mass is 555 g/mol. The van der Waals surface area contributed by atoms with E-state index in [0.717, 1.165) is 16.7 Å². The third-order valence-electron chi connectivity index (χ3n) is 6.05. The van der Waals surface area contributed by atoms with E-state index in [9.17, 15) is 0 Å². The Morgan fingerprint density at radius 3 is 1.92 bits per heavy atom. The number of nitrogens with zero attached hydrogens (tertiary/aromatic N) is 4. The van der Waals surface area contributed by atoms with Crippen LogP contribution in [0.2, 0.25) is 0 Å². The molecule has 0 aliphatic rings. The van der Waals surface area contributed by atoms with Crippen molar-refractivity contribution in [3.05, 3.63) is 71.3 Å². The van der Waals surface area contributed by atoms with Gasteiger partial charge >= 0.3 is 0 Å². The molecule has 2 aromatic carbocycles. The maximum Gasteiger partial charge on any atom is 0.180 e. The van der Waals surface area contributed by atoms with Crippen LogP contribution in [0.15, 0.2) is 75.0 Å². The number of hydrogen-bond donors (Lipinski definition) is 5. The van der Waals surface area contributed by atoms with E-state index in [1.54, 1.807) is 7.05 Å². The van der Waals surface area contributed by atoms with E-state index in [1.807, 2.05) is 96.1 Å². The Labute approximate surface area is 238 Å². The number of nitrogens with one attached hydrogen (secondary N) is 2. The van der Waals surface area contributed by atoms with E-state index in [1.165, 1.54) is 0 Å². The fourth-order valence-electron chi connectivity index (χ4n) is 3.12. The lowest BCUT2D eigenvalue weighted by Crippen LogP contribution is -2.47. The first-order chi connectivity index (χ1) is 17.8. The predicted octanol–water partition coefficient (Wildman–Crippen LogP) is 5.00. The SMILES string of the molecule is CN/C(S)=N/N=C(/C(=N/N=C(\S)NC(C)(C)CCOC(C)(N)C(C)C)c1ccccc1)c1ccc(C)cc1. The van der Waals surface area contributed by atoms with Gasteiger partial charge in [0.05, 0.1) is 6.61 Å². The molecule has 0 aromatic heterocycles. The number of amidine groups is 2. The molecule has 0 saturated heterocycles. The van der Waals surface area contributed by atoms with Crippen LogP contribution in [0.3, 0.4) is 0 Å². The largest absolute Gasteiger partial charge is 0.366 e. The van der Waals surface area contributed by atoms with Crippen molar-refractivity contribution in [1.29, 1.82) is 0 Å². The number of aryl methyl sites for hydroxylation is 1. The first-order valence-corrected chi connectivity index (χ1v) is 13.4. The highest BCUT2D eigenvalue weighted by atomic mass is 32.1. The maximum absolute atomic E-state index is 6.23. The third kappa shape index (κ3) is 10.2. The Kier molecular flexibility index (Phi) is 12.0. The average molecular weight is 556 g/mol. The van der Waals surface area contributed by atoms with E-state index >= 15 is 0 Å². The van der Waals surface area contributed by atoms with Crippen LogP contribution in [-0.2, 0) is 4.74 Å². The van der Waals surface area contributed by atoms with Crippen LogP contribution >= 0.6 is 25.3 Å². The number of hydrogen-bond acceptors (Lipinski definition) is 6. The van der Waals surface area contributed by atoms with Gasteiger partial charge in [-0.1, -0.05) is 74.0 Å². The van der Waals surface area contributed by atoms with Crippen molar-refractivity contribution in [2.24, 2.45) is 32.1 Å². The van der Waals surface area contributed by atoms with Gasteiger partial charge < -0.3 is 21.1 Å². The molecule has 0 aliphatic heterocycles. The van der Waals surface area contributed by atoms with E-state index in [4.69, 9.17) is 10.5 Å². The molecule has 4 N–H and O–H groups in total. The molecular weight excluding hydrogens is 514 g/mol. The summed E-state index contributed by atoms with van der Waals surface area (Å²) in [4.78, 5) is 0. The highest BCUT2D eigenvalue weighted by molar-refractivity contribution is 7.97. The molecule has 0 radical (unpaired) electrons. The summed E-state index contributed by atoms with van der Waals surface area (Å²) in [6.07, 6.45) is 0.695. The minimum Gasteiger partial charge on any atom is -0.366 e. The van der Waals surface area contributed by atoms with Gasteiger partial charge in [-0.15, -0.1) is 45.7 Å². The maximum atomic E-state index is 6.23. The molecule has 0 spiro atoms. The van der Waals surface area contributed by atoms with Gasteiger partial charge in [-0.3, -0.25) is 0 Å². The van der Waals surface area contributed by atoms with Gasteiger partial charge in [-0.25, -0.2) is 0 Å². The summed E-state index contributed by atoms with van der Waals surface area (Å²) >= 11 is 8.87. The van der Waals surface area contributed by atoms with Crippen LogP contribution < -0.4 is 16.4 Å². The van der Waals surface area contributed by atoms with Crippen molar-refractivity contribution in [3.63, 3.8) is 0 Å². The Morgan fingerprint density at radius 1 is 0.868 bits per heavy atom. The smallest absolute Gasteiger partial charge is 0.180 e. The van der Waals surface area contributed by atoms with Gasteiger partial charge in [0.1, 0.15) is 17.1 Å². The summed E-state index contributed by atoms with van der Waals surface area (Å²) in [6.45, 7) is 12.6. The molecule has 0 bridgehead atoms. The van der Waals surface area contributed by atoms with E-state index in [0.29, 0.717) is 34.8 Å². The van der Waals surface area contributed by atoms with Gasteiger partial charge in [-0.2, -0.15) is 0 Å². The lowest BCUT2D eigenvalue weighted by molar-refractivity contribution is -0.0649. The molecule has 0 heterocycles. The Balaban J connectivity index is 2.41. The summed E-state index contributed by atoms with van der Waals surface area (Å²) in [5.74, 6) is 0.201. The molecule has 0 aliphatic carbocycles. The zero-order valence-electron chi connectivity index (χ0n) is 23.4. The fraction of sp³-hybridized carbons (Fsp3) is 0.429. The molecule has 0 amide bonds. The summed E-state index contributed by atoms with van der Waals surface area (Å²) in [5, 5.41) is 24.6. The van der Waals surface area contributed by atoms with E-state index in [-0.39, 0.29) is 11.5 Å². The molecule has 2 rings (SSSR count). The summed E-state index contributed by atoms with van der Waals surface area (Å²) in [7, 11) is 1.73. The molecule has 206 valence electrons. The molecule has 1 atom stereocenters. The number of ether oxygens (including phenoxy) is 1. The topological polar surface area (TPSA) is 109 Å². The van der Waals surface area contributed by atoms with Crippen LogP contribution in [-0.4, -0.2) is 46.7 Å². The molecule has 0 fully saturated rings. The Hall–Kier alpha value is -2.66. The Morgan fingerprint density at radius 2 is 1.39 bits per heavy atom. The summed E-state index contributed by atoms with van der Waals surface area (Å²) in [5.41, 5.74) is 9.09. The van der Waals surface area contributed by atoms with Crippen molar-refractivity contribution in [3.8, 4) is 0 Å². The standard InChI is InChI=1S/C28H41N7OS2/c1-19(2)28(6,29)36-18-17-27(4,5)31-26(38)35-33-23(21-11-9-8-10-12-21)24(32-34-25(37)30-7)22-15-13-20(3)14-16-22/h8-16,19H,17-18,29H2,1-7H3,(H2,30,34,37)(H2,31,35,38)/b32-24+,33-23+. The highest BCUT2D eigenvalue weighted by Crippen LogP contribution is 2.18. The van der Waals surface area contributed by atoms with Crippen LogP contribution in [0.25, 0.3) is 0 Å². The molecular formula is C28H41N7OS2. The second-order valence-corrected chi connectivity index (χ2v) is 11.0. The molecule has 1 unspecified atom stereocenters. The number of benzene rings is 2. The molecule has 38 heavy (non-hydrogen) atoms. The second-order valence-electron chi connectivity index (χ2n) is 10.2. The molecule has 8 nitrogen and oxygen atoms in total. The lowest BCUT2D eigenvalue weighted by atomic mass is 9.99. The molecule has 0 saturated carbocycles. The third-order valence-corrected chi connectivity index (χ3v) is 6.56. The van der Waals surface area contributed by atoms with Crippen LogP contribution in [0.1, 0.15) is 57.7 Å². The second kappa shape index (κ2) is 14.5. The fourth-order valence-corrected chi connectivity index (χ4v) is 3.51. The van der Waals surface area contributed by atoms with E-state index < -0.39 is 5.72 Å². The van der Waals surface area contributed by atoms with Crippen molar-refractivity contribution in [1.82, 2.24) is 10.6 Å². The quantitative estimate of drug-likeness (QED) is 0.0884. The van der Waals surface area contributed by atoms with Crippen LogP contribution in [0.4, 0.5) is 0 Å². The van der Waals surface area contributed by atoms with Crippen molar-refractivity contribution < 1.29 is 4.74 Å². The van der Waals surface area contributed by atoms with Gasteiger partial charge in [-0.05, 0) is 40.0 Å². The number of nitrogens with two attached hydrogens (primary N) is 1. The van der Waals surface area contributed by atoms with Gasteiger partial charge in [0.25, 0.3) is 0 Å².